The second-order valence-electron chi connectivity index (χ2n) is 8.51. The van der Waals surface area contributed by atoms with Crippen molar-refractivity contribution >= 4 is 34.3 Å². The second-order valence-corrected chi connectivity index (χ2v) is 8.95. The van der Waals surface area contributed by atoms with Crippen molar-refractivity contribution in [2.45, 2.75) is 20.4 Å². The fourth-order valence-electron chi connectivity index (χ4n) is 3.75. The molecule has 0 aliphatic carbocycles. The highest BCUT2D eigenvalue weighted by molar-refractivity contribution is 6.30. The van der Waals surface area contributed by atoms with Crippen LogP contribution >= 0.6 is 11.6 Å². The summed E-state index contributed by atoms with van der Waals surface area (Å²) in [7, 11) is 6.14. The van der Waals surface area contributed by atoms with E-state index in [2.05, 4.69) is 46.5 Å². The molecule has 0 spiro atoms. The van der Waals surface area contributed by atoms with Crippen LogP contribution in [0.15, 0.2) is 47.0 Å². The summed E-state index contributed by atoms with van der Waals surface area (Å²) in [5, 5.41) is 9.27. The van der Waals surface area contributed by atoms with Crippen LogP contribution in [-0.2, 0) is 6.54 Å². The number of likely N-dealkylation sites (N-methyl/N-ethyl adjacent to an activating group) is 2. The lowest BCUT2D eigenvalue weighted by atomic mass is 10.0. The zero-order valence-corrected chi connectivity index (χ0v) is 20.4. The van der Waals surface area contributed by atoms with Gasteiger partial charge in [-0.3, -0.25) is 0 Å². The first-order valence-electron chi connectivity index (χ1n) is 10.9. The van der Waals surface area contributed by atoms with Gasteiger partial charge in [0.2, 0.25) is 5.95 Å². The Labute approximate surface area is 199 Å². The Hall–Kier alpha value is -3.16. The van der Waals surface area contributed by atoms with E-state index in [0.717, 1.165) is 58.0 Å². The molecule has 2 heterocycles. The number of hydrogen-bond acceptors (Lipinski definition) is 7. The van der Waals surface area contributed by atoms with Gasteiger partial charge in [-0.2, -0.15) is 4.98 Å². The van der Waals surface area contributed by atoms with Crippen LogP contribution < -0.4 is 10.2 Å². The van der Waals surface area contributed by atoms with Crippen LogP contribution in [0.25, 0.3) is 22.0 Å². The van der Waals surface area contributed by atoms with Gasteiger partial charge in [0.05, 0.1) is 11.2 Å². The van der Waals surface area contributed by atoms with Crippen LogP contribution in [0, 0.1) is 13.8 Å². The number of rotatable bonds is 8. The third-order valence-electron chi connectivity index (χ3n) is 5.58. The van der Waals surface area contributed by atoms with Crippen molar-refractivity contribution in [3.05, 3.63) is 64.5 Å². The fourth-order valence-corrected chi connectivity index (χ4v) is 3.97. The van der Waals surface area contributed by atoms with E-state index in [1.165, 1.54) is 0 Å². The van der Waals surface area contributed by atoms with Crippen molar-refractivity contribution in [3.8, 4) is 11.1 Å². The highest BCUT2D eigenvalue weighted by atomic mass is 35.5. The number of anilines is 2. The van der Waals surface area contributed by atoms with Crippen LogP contribution in [0.1, 0.15) is 17.0 Å². The lowest BCUT2D eigenvalue weighted by Crippen LogP contribution is -2.29. The first-order chi connectivity index (χ1) is 15.8. The van der Waals surface area contributed by atoms with Gasteiger partial charge in [0, 0.05) is 42.7 Å². The maximum Gasteiger partial charge on any atom is 0.227 e. The van der Waals surface area contributed by atoms with Gasteiger partial charge in [-0.15, -0.1) is 0 Å². The van der Waals surface area contributed by atoms with E-state index in [1.807, 2.05) is 51.2 Å². The fraction of sp³-hybridized carbons (Fsp3) is 0.320. The molecule has 2 aromatic heterocycles. The van der Waals surface area contributed by atoms with Crippen LogP contribution in [0.3, 0.4) is 0 Å². The Morgan fingerprint density at radius 2 is 1.82 bits per heavy atom. The molecule has 0 saturated heterocycles. The molecule has 0 bridgehead atoms. The lowest BCUT2D eigenvalue weighted by molar-refractivity contribution is 0.393. The van der Waals surface area contributed by atoms with E-state index in [4.69, 9.17) is 26.1 Å². The number of benzene rings is 2. The highest BCUT2D eigenvalue weighted by Gasteiger charge is 2.16. The van der Waals surface area contributed by atoms with E-state index in [1.54, 1.807) is 0 Å². The summed E-state index contributed by atoms with van der Waals surface area (Å²) in [5.74, 6) is 2.25. The minimum atomic E-state index is 0.600. The maximum atomic E-state index is 6.18. The molecule has 0 atom stereocenters. The van der Waals surface area contributed by atoms with Crippen LogP contribution in [0.5, 0.6) is 0 Å². The standard InChI is InChI=1S/C25H29ClN6O/c1-16-23(17(2)33-30-16)19-9-10-22-21(14-19)24(27-15-18-7-6-8-20(26)13-18)29-25(28-22)32(5)12-11-31(3)4/h6-10,13-14H,11-12,15H2,1-5H3,(H,27,28,29). The molecule has 33 heavy (non-hydrogen) atoms. The predicted octanol–water partition coefficient (Wildman–Crippen LogP) is 5.16. The molecule has 7 nitrogen and oxygen atoms in total. The molecule has 172 valence electrons. The molecular formula is C25H29ClN6O. The minimum absolute atomic E-state index is 0.600. The third-order valence-corrected chi connectivity index (χ3v) is 5.81. The molecule has 8 heteroatoms. The Kier molecular flexibility index (Phi) is 6.81. The number of hydrogen-bond donors (Lipinski definition) is 1. The van der Waals surface area contributed by atoms with Crippen molar-refractivity contribution in [3.63, 3.8) is 0 Å². The van der Waals surface area contributed by atoms with Gasteiger partial charge in [-0.05, 0) is 63.3 Å². The number of nitrogens with zero attached hydrogens (tertiary/aromatic N) is 5. The van der Waals surface area contributed by atoms with Crippen LogP contribution in [0.2, 0.25) is 5.02 Å². The largest absolute Gasteiger partial charge is 0.365 e. The van der Waals surface area contributed by atoms with E-state index < -0.39 is 0 Å². The SMILES string of the molecule is Cc1noc(C)c1-c1ccc2nc(N(C)CCN(C)C)nc(NCc3cccc(Cl)c3)c2c1. The topological polar surface area (TPSA) is 70.3 Å². The average Bonchev–Trinajstić information content (AvgIpc) is 3.13. The molecule has 0 saturated carbocycles. The van der Waals surface area contributed by atoms with Crippen molar-refractivity contribution in [1.82, 2.24) is 20.0 Å². The lowest BCUT2D eigenvalue weighted by Gasteiger charge is -2.21. The molecule has 0 radical (unpaired) electrons. The molecule has 0 aliphatic heterocycles. The number of aryl methyl sites for hydroxylation is 2. The first-order valence-corrected chi connectivity index (χ1v) is 11.3. The van der Waals surface area contributed by atoms with Crippen molar-refractivity contribution in [2.24, 2.45) is 0 Å². The summed E-state index contributed by atoms with van der Waals surface area (Å²) >= 11 is 6.18. The summed E-state index contributed by atoms with van der Waals surface area (Å²) in [5.41, 5.74) is 4.85. The van der Waals surface area contributed by atoms with Crippen LogP contribution in [0.4, 0.5) is 11.8 Å². The Morgan fingerprint density at radius 3 is 2.52 bits per heavy atom. The summed E-state index contributed by atoms with van der Waals surface area (Å²) in [6.45, 7) is 6.21. The number of aromatic nitrogens is 3. The number of nitrogens with one attached hydrogen (secondary N) is 1. The van der Waals surface area contributed by atoms with Crippen molar-refractivity contribution in [2.75, 3.05) is 44.4 Å². The van der Waals surface area contributed by atoms with Crippen molar-refractivity contribution in [1.29, 1.82) is 0 Å². The summed E-state index contributed by atoms with van der Waals surface area (Å²) in [4.78, 5) is 14.0. The monoisotopic (exact) mass is 464 g/mol. The van der Waals surface area contributed by atoms with E-state index >= 15 is 0 Å². The van der Waals surface area contributed by atoms with Crippen molar-refractivity contribution < 1.29 is 4.52 Å². The molecule has 0 aliphatic rings. The average molecular weight is 465 g/mol. The normalized spacial score (nSPS) is 11.4. The van der Waals surface area contributed by atoms with Gasteiger partial charge in [0.1, 0.15) is 11.6 Å². The minimum Gasteiger partial charge on any atom is -0.365 e. The van der Waals surface area contributed by atoms with Gasteiger partial charge in [0.25, 0.3) is 0 Å². The zero-order valence-electron chi connectivity index (χ0n) is 19.7. The molecule has 4 aromatic rings. The summed E-state index contributed by atoms with van der Waals surface area (Å²) in [6, 6.07) is 14.0. The molecule has 1 N–H and O–H groups in total. The molecule has 0 amide bonds. The highest BCUT2D eigenvalue weighted by Crippen LogP contribution is 2.32. The molecule has 0 fully saturated rings. The smallest absolute Gasteiger partial charge is 0.227 e. The van der Waals surface area contributed by atoms with E-state index in [9.17, 15) is 0 Å². The second kappa shape index (κ2) is 9.77. The van der Waals surface area contributed by atoms with E-state index in [0.29, 0.717) is 17.5 Å². The quantitative estimate of drug-likeness (QED) is 0.386. The molecule has 2 aromatic carbocycles. The Bertz CT molecular complexity index is 1250. The van der Waals surface area contributed by atoms with Crippen LogP contribution in [-0.4, -0.2) is 54.3 Å². The summed E-state index contributed by atoms with van der Waals surface area (Å²) < 4.78 is 5.39. The van der Waals surface area contributed by atoms with Gasteiger partial charge >= 0.3 is 0 Å². The number of fused-ring (bicyclic) bond motifs is 1. The van der Waals surface area contributed by atoms with Gasteiger partial charge in [-0.25, -0.2) is 4.98 Å². The van der Waals surface area contributed by atoms with Gasteiger partial charge < -0.3 is 19.6 Å². The Balaban J connectivity index is 1.75. The maximum absolute atomic E-state index is 6.18. The number of halogens is 1. The van der Waals surface area contributed by atoms with Gasteiger partial charge in [-0.1, -0.05) is 35.0 Å². The zero-order chi connectivity index (χ0) is 23.5. The summed E-state index contributed by atoms with van der Waals surface area (Å²) in [6.07, 6.45) is 0. The Morgan fingerprint density at radius 1 is 1.00 bits per heavy atom. The first kappa shape index (κ1) is 23.0. The predicted molar refractivity (Wildman–Crippen MR) is 135 cm³/mol. The molecular weight excluding hydrogens is 436 g/mol. The molecule has 0 unspecified atom stereocenters. The molecule has 4 rings (SSSR count). The van der Waals surface area contributed by atoms with E-state index in [-0.39, 0.29) is 0 Å². The third kappa shape index (κ3) is 5.26. The van der Waals surface area contributed by atoms with Gasteiger partial charge in [0.15, 0.2) is 0 Å².